The van der Waals surface area contributed by atoms with Crippen LogP contribution in [0.3, 0.4) is 0 Å². The van der Waals surface area contributed by atoms with E-state index in [1.54, 1.807) is 38.3 Å². The van der Waals surface area contributed by atoms with Gasteiger partial charge in [0.1, 0.15) is 12.6 Å². The summed E-state index contributed by atoms with van der Waals surface area (Å²) in [4.78, 5) is 29.4. The molecule has 3 aromatic rings. The van der Waals surface area contributed by atoms with Gasteiger partial charge in [-0.05, 0) is 60.9 Å². The van der Waals surface area contributed by atoms with E-state index in [-0.39, 0.29) is 37.8 Å². The van der Waals surface area contributed by atoms with Crippen LogP contribution in [0.4, 0.5) is 0 Å². The number of hydrogen-bond acceptors (Lipinski definition) is 10. The number of rotatable bonds is 11. The van der Waals surface area contributed by atoms with Gasteiger partial charge in [-0.15, -0.1) is 10.2 Å². The molecule has 13 nitrogen and oxygen atoms in total. The van der Waals surface area contributed by atoms with E-state index in [4.69, 9.17) is 23.7 Å². The highest BCUT2D eigenvalue weighted by atomic mass is 16.7. The molecule has 1 saturated heterocycles. The van der Waals surface area contributed by atoms with Gasteiger partial charge in [0.05, 0.1) is 20.3 Å². The van der Waals surface area contributed by atoms with Crippen LogP contribution in [-0.2, 0) is 27.4 Å². The zero-order valence-electron chi connectivity index (χ0n) is 22.7. The van der Waals surface area contributed by atoms with Crippen LogP contribution in [0, 0.1) is 0 Å². The van der Waals surface area contributed by atoms with Crippen molar-refractivity contribution in [2.24, 2.45) is 0 Å². The zero-order chi connectivity index (χ0) is 28.1. The van der Waals surface area contributed by atoms with E-state index in [0.29, 0.717) is 47.5 Å². The van der Waals surface area contributed by atoms with Gasteiger partial charge in [0.2, 0.25) is 24.4 Å². The molecule has 1 fully saturated rings. The number of benzene rings is 2. The summed E-state index contributed by atoms with van der Waals surface area (Å²) in [5.41, 5.74) is 1.43. The number of nitrogens with zero attached hydrogens (tertiary/aromatic N) is 5. The van der Waals surface area contributed by atoms with Crippen molar-refractivity contribution in [3.8, 4) is 34.4 Å². The van der Waals surface area contributed by atoms with Crippen LogP contribution in [0.5, 0.6) is 23.0 Å². The standard InChI is InChI=1S/C27H32N6O7/c1-17(27(35)28-13-20-5-4-10-38-20)32(14-18-6-8-22-24(11-18)40-16-39-22)25(34)15-33-30-26(29-31-33)19-7-9-21(36-2)23(12-19)37-3/h6-9,11-12,17,20H,4-5,10,13-16H2,1-3H3,(H,28,35)/t17-,20+/m1/s1. The molecule has 0 unspecified atom stereocenters. The minimum Gasteiger partial charge on any atom is -0.493 e. The average molecular weight is 553 g/mol. The number of tetrazole rings is 1. The van der Waals surface area contributed by atoms with Crippen LogP contribution in [0.1, 0.15) is 25.3 Å². The lowest BCUT2D eigenvalue weighted by molar-refractivity contribution is -0.141. The molecular weight excluding hydrogens is 520 g/mol. The van der Waals surface area contributed by atoms with Gasteiger partial charge in [0, 0.05) is 25.3 Å². The summed E-state index contributed by atoms with van der Waals surface area (Å²) in [5.74, 6) is 2.01. The van der Waals surface area contributed by atoms with E-state index in [1.165, 1.54) is 16.8 Å². The van der Waals surface area contributed by atoms with Crippen molar-refractivity contribution in [3.05, 3.63) is 42.0 Å². The second-order valence-electron chi connectivity index (χ2n) is 9.48. The average Bonchev–Trinajstić information content (AvgIpc) is 3.76. The number of fused-ring (bicyclic) bond motifs is 1. The Morgan fingerprint density at radius 2 is 1.95 bits per heavy atom. The Balaban J connectivity index is 1.32. The molecule has 5 rings (SSSR count). The fourth-order valence-electron chi connectivity index (χ4n) is 4.60. The van der Waals surface area contributed by atoms with Crippen LogP contribution in [0.2, 0.25) is 0 Å². The van der Waals surface area contributed by atoms with Crippen LogP contribution in [0.25, 0.3) is 11.4 Å². The van der Waals surface area contributed by atoms with Gasteiger partial charge in [0.25, 0.3) is 0 Å². The summed E-state index contributed by atoms with van der Waals surface area (Å²) in [6.07, 6.45) is 1.86. The number of nitrogens with one attached hydrogen (secondary N) is 1. The lowest BCUT2D eigenvalue weighted by atomic mass is 10.1. The molecule has 2 aliphatic rings. The van der Waals surface area contributed by atoms with Gasteiger partial charge >= 0.3 is 0 Å². The Kier molecular flexibility index (Phi) is 8.29. The minimum atomic E-state index is -0.770. The normalized spacial score (nSPS) is 16.4. The number of carbonyl (C=O) groups is 2. The summed E-state index contributed by atoms with van der Waals surface area (Å²) in [6, 6.07) is 9.91. The highest BCUT2D eigenvalue weighted by Crippen LogP contribution is 2.33. The fraction of sp³-hybridized carbons (Fsp3) is 0.444. The molecule has 2 amide bonds. The molecule has 0 bridgehead atoms. The van der Waals surface area contributed by atoms with E-state index < -0.39 is 6.04 Å². The molecule has 13 heteroatoms. The minimum absolute atomic E-state index is 0.0106. The first-order valence-corrected chi connectivity index (χ1v) is 13.0. The van der Waals surface area contributed by atoms with Crippen molar-refractivity contribution in [1.82, 2.24) is 30.4 Å². The summed E-state index contributed by atoms with van der Waals surface area (Å²) in [6.45, 7) is 2.88. The van der Waals surface area contributed by atoms with E-state index in [2.05, 4.69) is 20.7 Å². The SMILES string of the molecule is COc1ccc(-c2nnn(CC(=O)N(Cc3ccc4c(c3)OCO4)[C@H](C)C(=O)NC[C@@H]3CCCO3)n2)cc1OC. The Bertz CT molecular complexity index is 1360. The van der Waals surface area contributed by atoms with Crippen LogP contribution in [0.15, 0.2) is 36.4 Å². The van der Waals surface area contributed by atoms with E-state index in [1.807, 2.05) is 12.1 Å². The molecular formula is C27H32N6O7. The van der Waals surface area contributed by atoms with Gasteiger partial charge in [0.15, 0.2) is 23.0 Å². The van der Waals surface area contributed by atoms with Gasteiger partial charge in [-0.1, -0.05) is 6.07 Å². The highest BCUT2D eigenvalue weighted by Gasteiger charge is 2.28. The summed E-state index contributed by atoms with van der Waals surface area (Å²) < 4.78 is 27.1. The van der Waals surface area contributed by atoms with Crippen molar-refractivity contribution in [2.75, 3.05) is 34.2 Å². The van der Waals surface area contributed by atoms with Crippen molar-refractivity contribution in [3.63, 3.8) is 0 Å². The molecule has 1 aromatic heterocycles. The van der Waals surface area contributed by atoms with Crippen molar-refractivity contribution < 1.29 is 33.3 Å². The smallest absolute Gasteiger partial charge is 0.247 e. The third kappa shape index (κ3) is 6.09. The van der Waals surface area contributed by atoms with Crippen molar-refractivity contribution in [1.29, 1.82) is 0 Å². The number of ether oxygens (including phenoxy) is 5. The second-order valence-corrected chi connectivity index (χ2v) is 9.48. The summed E-state index contributed by atoms with van der Waals surface area (Å²) >= 11 is 0. The number of hydrogen-bond donors (Lipinski definition) is 1. The largest absolute Gasteiger partial charge is 0.493 e. The topological polar surface area (TPSA) is 139 Å². The van der Waals surface area contributed by atoms with E-state index >= 15 is 0 Å². The predicted octanol–water partition coefficient (Wildman–Crippen LogP) is 1.80. The lowest BCUT2D eigenvalue weighted by Crippen LogP contribution is -2.49. The summed E-state index contributed by atoms with van der Waals surface area (Å²) in [7, 11) is 3.09. The molecule has 0 aliphatic carbocycles. The molecule has 0 spiro atoms. The molecule has 1 N–H and O–H groups in total. The van der Waals surface area contributed by atoms with Crippen LogP contribution < -0.4 is 24.3 Å². The predicted molar refractivity (Wildman–Crippen MR) is 141 cm³/mol. The first kappa shape index (κ1) is 27.2. The van der Waals surface area contributed by atoms with Gasteiger partial charge < -0.3 is 33.9 Å². The third-order valence-corrected chi connectivity index (χ3v) is 6.86. The Morgan fingerprint density at radius 1 is 1.12 bits per heavy atom. The maximum atomic E-state index is 13.6. The fourth-order valence-corrected chi connectivity index (χ4v) is 4.60. The molecule has 2 aliphatic heterocycles. The number of aromatic nitrogens is 4. The van der Waals surface area contributed by atoms with Gasteiger partial charge in [-0.3, -0.25) is 9.59 Å². The Hall–Kier alpha value is -4.39. The van der Waals surface area contributed by atoms with E-state index in [0.717, 1.165) is 18.4 Å². The van der Waals surface area contributed by atoms with Crippen LogP contribution >= 0.6 is 0 Å². The zero-order valence-corrected chi connectivity index (χ0v) is 22.7. The number of methoxy groups -OCH3 is 2. The maximum absolute atomic E-state index is 13.6. The molecule has 2 atom stereocenters. The monoisotopic (exact) mass is 552 g/mol. The summed E-state index contributed by atoms with van der Waals surface area (Å²) in [5, 5.41) is 15.5. The highest BCUT2D eigenvalue weighted by molar-refractivity contribution is 5.87. The number of carbonyl (C=O) groups excluding carboxylic acids is 2. The Labute approximate surface area is 231 Å². The van der Waals surface area contributed by atoms with Gasteiger partial charge in [-0.25, -0.2) is 0 Å². The molecule has 212 valence electrons. The molecule has 2 aromatic carbocycles. The maximum Gasteiger partial charge on any atom is 0.247 e. The quantitative estimate of drug-likeness (QED) is 0.375. The van der Waals surface area contributed by atoms with Crippen molar-refractivity contribution >= 4 is 11.8 Å². The third-order valence-electron chi connectivity index (χ3n) is 6.86. The number of amides is 2. The Morgan fingerprint density at radius 3 is 2.73 bits per heavy atom. The first-order valence-electron chi connectivity index (χ1n) is 13.0. The second kappa shape index (κ2) is 12.2. The molecule has 3 heterocycles. The van der Waals surface area contributed by atoms with E-state index in [9.17, 15) is 9.59 Å². The van der Waals surface area contributed by atoms with Gasteiger partial charge in [-0.2, -0.15) is 4.80 Å². The lowest BCUT2D eigenvalue weighted by Gasteiger charge is -2.29. The molecule has 0 saturated carbocycles. The van der Waals surface area contributed by atoms with Crippen LogP contribution in [-0.4, -0.2) is 83.2 Å². The first-order chi connectivity index (χ1) is 19.4. The molecule has 0 radical (unpaired) electrons. The molecule has 40 heavy (non-hydrogen) atoms. The van der Waals surface area contributed by atoms with Crippen molar-refractivity contribution in [2.45, 2.75) is 45.0 Å².